The molecule has 0 N–H and O–H groups in total. The molecule has 0 aliphatic heterocycles. The van der Waals surface area contributed by atoms with Crippen LogP contribution in [0.15, 0.2) is 41.5 Å². The predicted octanol–water partition coefficient (Wildman–Crippen LogP) is 3.17. The standard InChI is InChI=1S/C18H16F2N2O3/c1-11-4-7-14(16(20)8-11)17(23)22(2)21-10-13-6-5-12(9-15(13)19)18(24)25-3/h4-10H,1-3H3/b21-10+. The molecule has 0 heterocycles. The van der Waals surface area contributed by atoms with Crippen LogP contribution in [0.25, 0.3) is 0 Å². The van der Waals surface area contributed by atoms with Crippen LogP contribution in [-0.2, 0) is 4.74 Å². The number of carbonyl (C=O) groups excluding carboxylic acids is 2. The van der Waals surface area contributed by atoms with Gasteiger partial charge in [0, 0.05) is 12.6 Å². The molecule has 25 heavy (non-hydrogen) atoms. The lowest BCUT2D eigenvalue weighted by Crippen LogP contribution is -2.22. The summed E-state index contributed by atoms with van der Waals surface area (Å²) < 4.78 is 32.3. The van der Waals surface area contributed by atoms with Crippen LogP contribution in [0.1, 0.15) is 31.8 Å². The molecule has 2 rings (SSSR count). The zero-order chi connectivity index (χ0) is 18.6. The van der Waals surface area contributed by atoms with E-state index in [4.69, 9.17) is 0 Å². The number of esters is 1. The van der Waals surface area contributed by atoms with Crippen LogP contribution >= 0.6 is 0 Å². The smallest absolute Gasteiger partial charge is 0.337 e. The Morgan fingerprint density at radius 2 is 1.84 bits per heavy atom. The number of halogens is 2. The molecule has 0 bridgehead atoms. The number of aryl methyl sites for hydroxylation is 1. The van der Waals surface area contributed by atoms with Crippen molar-refractivity contribution in [3.05, 3.63) is 70.3 Å². The molecule has 0 radical (unpaired) electrons. The highest BCUT2D eigenvalue weighted by Crippen LogP contribution is 2.13. The normalized spacial score (nSPS) is 10.8. The van der Waals surface area contributed by atoms with E-state index in [0.717, 1.165) is 17.3 Å². The zero-order valence-corrected chi connectivity index (χ0v) is 13.9. The summed E-state index contributed by atoms with van der Waals surface area (Å²) in [6.45, 7) is 1.71. The molecular formula is C18H16F2N2O3. The first-order chi connectivity index (χ1) is 11.8. The number of hydrazone groups is 1. The summed E-state index contributed by atoms with van der Waals surface area (Å²) >= 11 is 0. The second-order valence-electron chi connectivity index (χ2n) is 5.28. The van der Waals surface area contributed by atoms with Crippen molar-refractivity contribution in [1.29, 1.82) is 0 Å². The summed E-state index contributed by atoms with van der Waals surface area (Å²) in [4.78, 5) is 23.5. The zero-order valence-electron chi connectivity index (χ0n) is 13.9. The van der Waals surface area contributed by atoms with E-state index in [0.29, 0.717) is 5.56 Å². The molecule has 7 heteroatoms. The fourth-order valence-electron chi connectivity index (χ4n) is 2.05. The fourth-order valence-corrected chi connectivity index (χ4v) is 2.05. The summed E-state index contributed by atoms with van der Waals surface area (Å²) in [5.74, 6) is -2.68. The van der Waals surface area contributed by atoms with E-state index in [1.165, 1.54) is 38.4 Å². The highest BCUT2D eigenvalue weighted by molar-refractivity contribution is 5.95. The minimum atomic E-state index is -0.700. The van der Waals surface area contributed by atoms with Crippen molar-refractivity contribution >= 4 is 18.1 Å². The molecule has 0 saturated heterocycles. The summed E-state index contributed by atoms with van der Waals surface area (Å²) in [6, 6.07) is 7.93. The molecule has 0 unspecified atom stereocenters. The second kappa shape index (κ2) is 7.65. The van der Waals surface area contributed by atoms with Gasteiger partial charge in [-0.3, -0.25) is 4.79 Å². The van der Waals surface area contributed by atoms with Gasteiger partial charge in [-0.1, -0.05) is 6.07 Å². The lowest BCUT2D eigenvalue weighted by molar-refractivity contribution is 0.0600. The van der Waals surface area contributed by atoms with Gasteiger partial charge in [0.05, 0.1) is 24.5 Å². The lowest BCUT2D eigenvalue weighted by atomic mass is 10.1. The average Bonchev–Trinajstić information content (AvgIpc) is 2.59. The first-order valence-electron chi connectivity index (χ1n) is 7.29. The lowest BCUT2D eigenvalue weighted by Gasteiger charge is -2.12. The topological polar surface area (TPSA) is 59.0 Å². The highest BCUT2D eigenvalue weighted by atomic mass is 19.1. The SMILES string of the molecule is COC(=O)c1ccc(/C=N/N(C)C(=O)c2ccc(C)cc2F)c(F)c1. The minimum Gasteiger partial charge on any atom is -0.465 e. The molecule has 2 aromatic carbocycles. The number of amides is 1. The van der Waals surface area contributed by atoms with Crippen LogP contribution in [0.5, 0.6) is 0 Å². The van der Waals surface area contributed by atoms with Crippen molar-refractivity contribution in [1.82, 2.24) is 5.01 Å². The molecule has 130 valence electrons. The Kier molecular flexibility index (Phi) is 5.59. The number of methoxy groups -OCH3 is 1. The molecule has 0 aliphatic rings. The van der Waals surface area contributed by atoms with Gasteiger partial charge >= 0.3 is 5.97 Å². The van der Waals surface area contributed by atoms with Gasteiger partial charge < -0.3 is 4.74 Å². The number of nitrogens with zero attached hydrogens (tertiary/aromatic N) is 2. The molecule has 0 aliphatic carbocycles. The van der Waals surface area contributed by atoms with Gasteiger partial charge in [0.25, 0.3) is 5.91 Å². The van der Waals surface area contributed by atoms with E-state index >= 15 is 0 Å². The molecule has 0 atom stereocenters. The van der Waals surface area contributed by atoms with Crippen molar-refractivity contribution in [2.45, 2.75) is 6.92 Å². The Morgan fingerprint density at radius 1 is 1.12 bits per heavy atom. The van der Waals surface area contributed by atoms with Crippen LogP contribution in [0, 0.1) is 18.6 Å². The van der Waals surface area contributed by atoms with Crippen LogP contribution in [-0.4, -0.2) is 37.3 Å². The Hall–Kier alpha value is -3.09. The van der Waals surface area contributed by atoms with Gasteiger partial charge in [0.15, 0.2) is 0 Å². The second-order valence-corrected chi connectivity index (χ2v) is 5.28. The van der Waals surface area contributed by atoms with Gasteiger partial charge in [0.1, 0.15) is 11.6 Å². The average molecular weight is 346 g/mol. The quantitative estimate of drug-likeness (QED) is 0.485. The van der Waals surface area contributed by atoms with E-state index in [2.05, 4.69) is 9.84 Å². The first kappa shape index (κ1) is 18.3. The van der Waals surface area contributed by atoms with Crippen molar-refractivity contribution in [2.24, 2.45) is 5.10 Å². The van der Waals surface area contributed by atoms with Crippen molar-refractivity contribution in [3.8, 4) is 0 Å². The third kappa shape index (κ3) is 4.26. The summed E-state index contributed by atoms with van der Waals surface area (Å²) in [6.07, 6.45) is 1.11. The summed E-state index contributed by atoms with van der Waals surface area (Å²) in [5, 5.41) is 4.73. The van der Waals surface area contributed by atoms with Crippen LogP contribution < -0.4 is 0 Å². The minimum absolute atomic E-state index is 0.0586. The Labute approximate surface area is 143 Å². The molecule has 2 aromatic rings. The van der Waals surface area contributed by atoms with Crippen molar-refractivity contribution in [2.75, 3.05) is 14.2 Å². The van der Waals surface area contributed by atoms with E-state index in [9.17, 15) is 18.4 Å². The van der Waals surface area contributed by atoms with Gasteiger partial charge in [0.2, 0.25) is 0 Å². The molecule has 0 saturated carbocycles. The third-order valence-corrected chi connectivity index (χ3v) is 3.44. The van der Waals surface area contributed by atoms with Crippen molar-refractivity contribution in [3.63, 3.8) is 0 Å². The Bertz CT molecular complexity index is 850. The van der Waals surface area contributed by atoms with Gasteiger partial charge in [-0.15, -0.1) is 0 Å². The van der Waals surface area contributed by atoms with E-state index in [1.54, 1.807) is 13.0 Å². The number of hydrogen-bond donors (Lipinski definition) is 0. The van der Waals surface area contributed by atoms with Gasteiger partial charge in [-0.25, -0.2) is 18.6 Å². The summed E-state index contributed by atoms with van der Waals surface area (Å²) in [5.41, 5.74) is 0.680. The Balaban J connectivity index is 2.18. The van der Waals surface area contributed by atoms with Crippen LogP contribution in [0.2, 0.25) is 0 Å². The third-order valence-electron chi connectivity index (χ3n) is 3.44. The number of rotatable bonds is 4. The molecule has 0 spiro atoms. The van der Waals surface area contributed by atoms with Gasteiger partial charge in [-0.2, -0.15) is 5.10 Å². The maximum Gasteiger partial charge on any atom is 0.337 e. The number of benzene rings is 2. The van der Waals surface area contributed by atoms with E-state index in [1.807, 2.05) is 0 Å². The largest absolute Gasteiger partial charge is 0.465 e. The fraction of sp³-hybridized carbons (Fsp3) is 0.167. The number of hydrogen-bond acceptors (Lipinski definition) is 4. The highest BCUT2D eigenvalue weighted by Gasteiger charge is 2.16. The molecule has 0 fully saturated rings. The molecule has 0 aromatic heterocycles. The number of carbonyl (C=O) groups is 2. The molecule has 5 nitrogen and oxygen atoms in total. The van der Waals surface area contributed by atoms with Gasteiger partial charge in [-0.05, 0) is 42.8 Å². The maximum atomic E-state index is 14.0. The maximum absolute atomic E-state index is 14.0. The molecular weight excluding hydrogens is 330 g/mol. The predicted molar refractivity (Wildman–Crippen MR) is 88.6 cm³/mol. The van der Waals surface area contributed by atoms with Crippen molar-refractivity contribution < 1.29 is 23.1 Å². The van der Waals surface area contributed by atoms with E-state index in [-0.39, 0.29) is 16.7 Å². The van der Waals surface area contributed by atoms with Crippen LogP contribution in [0.4, 0.5) is 8.78 Å². The first-order valence-corrected chi connectivity index (χ1v) is 7.29. The summed E-state index contributed by atoms with van der Waals surface area (Å²) in [7, 11) is 2.53. The monoisotopic (exact) mass is 346 g/mol. The number of ether oxygens (including phenoxy) is 1. The van der Waals surface area contributed by atoms with Crippen LogP contribution in [0.3, 0.4) is 0 Å². The van der Waals surface area contributed by atoms with E-state index < -0.39 is 23.5 Å². The molecule has 1 amide bonds. The Morgan fingerprint density at radius 3 is 2.44 bits per heavy atom.